The van der Waals surface area contributed by atoms with E-state index in [0.29, 0.717) is 5.69 Å². The lowest BCUT2D eigenvalue weighted by molar-refractivity contribution is -0.140. The predicted molar refractivity (Wildman–Crippen MR) is 75.9 cm³/mol. The average Bonchev–Trinajstić information content (AvgIpc) is 2.51. The van der Waals surface area contributed by atoms with Crippen molar-refractivity contribution in [3.8, 4) is 0 Å². The summed E-state index contributed by atoms with van der Waals surface area (Å²) in [6.07, 6.45) is 0. The summed E-state index contributed by atoms with van der Waals surface area (Å²) in [6.45, 7) is 3.43. The number of nitrogens with zero attached hydrogens (tertiary/aromatic N) is 1. The molecule has 1 fully saturated rings. The van der Waals surface area contributed by atoms with Crippen LogP contribution >= 0.6 is 0 Å². The number of rotatable bonds is 2. The van der Waals surface area contributed by atoms with Gasteiger partial charge in [0.2, 0.25) is 11.6 Å². The fourth-order valence-electron chi connectivity index (χ4n) is 2.63. The summed E-state index contributed by atoms with van der Waals surface area (Å²) in [6, 6.07) is 3.61. The van der Waals surface area contributed by atoms with Gasteiger partial charge in [-0.1, -0.05) is 0 Å². The van der Waals surface area contributed by atoms with Crippen molar-refractivity contribution in [1.29, 1.82) is 0 Å². The number of carboxylic acid groups (broad SMARTS) is 1. The lowest BCUT2D eigenvalue weighted by atomic mass is 9.95. The van der Waals surface area contributed by atoms with Crippen LogP contribution in [-0.4, -0.2) is 54.9 Å². The van der Waals surface area contributed by atoms with E-state index in [1.54, 1.807) is 18.2 Å². The molecule has 0 saturated carbocycles. The number of fused-ring (bicyclic) bond motifs is 1. The van der Waals surface area contributed by atoms with Gasteiger partial charge in [0, 0.05) is 43.1 Å². The summed E-state index contributed by atoms with van der Waals surface area (Å²) >= 11 is 0. The minimum Gasteiger partial charge on any atom is -0.479 e. The third-order valence-corrected chi connectivity index (χ3v) is 3.76. The highest BCUT2D eigenvalue weighted by atomic mass is 16.4. The zero-order valence-electron chi connectivity index (χ0n) is 11.3. The molecule has 3 N–H and O–H groups in total. The summed E-state index contributed by atoms with van der Waals surface area (Å²) in [5.74, 6) is -3.01. The topological polar surface area (TPSA) is 98.7 Å². The molecule has 1 aromatic rings. The monoisotopic (exact) mass is 289 g/mol. The Labute approximate surface area is 120 Å². The minimum atomic E-state index is -1.50. The molecule has 3 rings (SSSR count). The second kappa shape index (κ2) is 5.17. The highest BCUT2D eigenvalue weighted by molar-refractivity contribution is 6.51. The smallest absolute Gasteiger partial charge is 0.334 e. The lowest BCUT2D eigenvalue weighted by Gasteiger charge is -2.31. The van der Waals surface area contributed by atoms with Gasteiger partial charge in [-0.25, -0.2) is 4.79 Å². The van der Waals surface area contributed by atoms with Crippen molar-refractivity contribution < 1.29 is 19.5 Å². The second-order valence-corrected chi connectivity index (χ2v) is 5.08. The van der Waals surface area contributed by atoms with Gasteiger partial charge in [-0.15, -0.1) is 0 Å². The molecule has 2 heterocycles. The van der Waals surface area contributed by atoms with Crippen molar-refractivity contribution in [2.24, 2.45) is 0 Å². The van der Waals surface area contributed by atoms with Crippen LogP contribution in [0, 0.1) is 0 Å². The number of hydrogen-bond acceptors (Lipinski definition) is 6. The number of ketones is 2. The Hall–Kier alpha value is -2.41. The SMILES string of the molecule is O=C1C(=O)C(C(=O)O)Nc2cc(N3CCNCC3)ccc21. The molecule has 0 spiro atoms. The van der Waals surface area contributed by atoms with Gasteiger partial charge in [-0.05, 0) is 18.2 Å². The minimum absolute atomic E-state index is 0.233. The summed E-state index contributed by atoms with van der Waals surface area (Å²) in [7, 11) is 0. The first-order valence-corrected chi connectivity index (χ1v) is 6.75. The van der Waals surface area contributed by atoms with Gasteiger partial charge in [0.15, 0.2) is 6.04 Å². The summed E-state index contributed by atoms with van der Waals surface area (Å²) < 4.78 is 0. The van der Waals surface area contributed by atoms with E-state index in [0.717, 1.165) is 31.9 Å². The molecule has 7 nitrogen and oxygen atoms in total. The first-order chi connectivity index (χ1) is 10.1. The van der Waals surface area contributed by atoms with Crippen molar-refractivity contribution in [3.63, 3.8) is 0 Å². The number of Topliss-reactive ketones (excluding diaryl/α,β-unsaturated/α-hetero) is 2. The molecule has 110 valence electrons. The Kier molecular flexibility index (Phi) is 3.34. The number of aliphatic carboxylic acids is 1. The van der Waals surface area contributed by atoms with Gasteiger partial charge in [0.05, 0.1) is 0 Å². The maximum atomic E-state index is 11.9. The number of hydrogen-bond donors (Lipinski definition) is 3. The van der Waals surface area contributed by atoms with Crippen molar-refractivity contribution in [1.82, 2.24) is 5.32 Å². The zero-order chi connectivity index (χ0) is 15.0. The predicted octanol–water partition coefficient (Wildman–Crippen LogP) is -0.273. The van der Waals surface area contributed by atoms with Crippen LogP contribution in [0.15, 0.2) is 18.2 Å². The Morgan fingerprint density at radius 3 is 2.62 bits per heavy atom. The molecule has 2 aliphatic heterocycles. The van der Waals surface area contributed by atoms with Crippen LogP contribution in [0.25, 0.3) is 0 Å². The van der Waals surface area contributed by atoms with E-state index in [2.05, 4.69) is 15.5 Å². The van der Waals surface area contributed by atoms with Crippen molar-refractivity contribution in [3.05, 3.63) is 23.8 Å². The van der Waals surface area contributed by atoms with Crippen molar-refractivity contribution in [2.45, 2.75) is 6.04 Å². The van der Waals surface area contributed by atoms with E-state index >= 15 is 0 Å². The summed E-state index contributed by atoms with van der Waals surface area (Å²) in [4.78, 5) is 36.8. The normalized spacial score (nSPS) is 21.7. The number of carbonyl (C=O) groups is 3. The van der Waals surface area contributed by atoms with Crippen molar-refractivity contribution >= 4 is 28.9 Å². The molecule has 0 aromatic heterocycles. The van der Waals surface area contributed by atoms with Gasteiger partial charge < -0.3 is 20.6 Å². The first-order valence-electron chi connectivity index (χ1n) is 6.75. The first kappa shape index (κ1) is 13.6. The quantitative estimate of drug-likeness (QED) is 0.509. The van der Waals surface area contributed by atoms with E-state index in [9.17, 15) is 14.4 Å². The van der Waals surface area contributed by atoms with Crippen LogP contribution in [0.4, 0.5) is 11.4 Å². The van der Waals surface area contributed by atoms with E-state index in [1.807, 2.05) is 0 Å². The van der Waals surface area contributed by atoms with Gasteiger partial charge in [0.25, 0.3) is 0 Å². The molecule has 2 aliphatic rings. The molecule has 0 amide bonds. The van der Waals surface area contributed by atoms with Crippen LogP contribution in [0.3, 0.4) is 0 Å². The average molecular weight is 289 g/mol. The van der Waals surface area contributed by atoms with Crippen LogP contribution in [0.5, 0.6) is 0 Å². The fourth-order valence-corrected chi connectivity index (χ4v) is 2.63. The molecule has 7 heteroatoms. The number of carbonyl (C=O) groups excluding carboxylic acids is 2. The van der Waals surface area contributed by atoms with Gasteiger partial charge in [0.1, 0.15) is 0 Å². The van der Waals surface area contributed by atoms with Crippen LogP contribution in [-0.2, 0) is 9.59 Å². The highest BCUT2D eigenvalue weighted by Crippen LogP contribution is 2.28. The Bertz CT molecular complexity index is 623. The molecule has 1 atom stereocenters. The molecule has 0 aliphatic carbocycles. The molecule has 21 heavy (non-hydrogen) atoms. The third-order valence-electron chi connectivity index (χ3n) is 3.76. The molecular weight excluding hydrogens is 274 g/mol. The Morgan fingerprint density at radius 2 is 1.95 bits per heavy atom. The number of benzene rings is 1. The van der Waals surface area contributed by atoms with E-state index in [1.165, 1.54) is 0 Å². The maximum absolute atomic E-state index is 11.9. The zero-order valence-corrected chi connectivity index (χ0v) is 11.3. The van der Waals surface area contributed by atoms with E-state index in [-0.39, 0.29) is 5.56 Å². The summed E-state index contributed by atoms with van der Waals surface area (Å²) in [5, 5.41) is 14.9. The number of anilines is 2. The molecular formula is C14H15N3O4. The number of carboxylic acids is 1. The molecule has 0 bridgehead atoms. The summed E-state index contributed by atoms with van der Waals surface area (Å²) in [5.41, 5.74) is 1.55. The Balaban J connectivity index is 1.94. The van der Waals surface area contributed by atoms with Crippen LogP contribution in [0.1, 0.15) is 10.4 Å². The fraction of sp³-hybridized carbons (Fsp3) is 0.357. The maximum Gasteiger partial charge on any atom is 0.334 e. The molecule has 1 saturated heterocycles. The molecule has 0 radical (unpaired) electrons. The Morgan fingerprint density at radius 1 is 1.24 bits per heavy atom. The lowest BCUT2D eigenvalue weighted by Crippen LogP contribution is -2.46. The van der Waals surface area contributed by atoms with Gasteiger partial charge >= 0.3 is 5.97 Å². The standard InChI is InChI=1S/C14H15N3O4/c18-12-9-2-1-8(17-5-3-15-4-6-17)7-10(9)16-11(13(12)19)14(20)21/h1-2,7,11,15-16H,3-6H2,(H,20,21). The van der Waals surface area contributed by atoms with Gasteiger partial charge in [-0.2, -0.15) is 0 Å². The molecule has 1 unspecified atom stereocenters. The van der Waals surface area contributed by atoms with E-state index in [4.69, 9.17) is 5.11 Å². The van der Waals surface area contributed by atoms with Crippen molar-refractivity contribution in [2.75, 3.05) is 36.4 Å². The largest absolute Gasteiger partial charge is 0.479 e. The second-order valence-electron chi connectivity index (χ2n) is 5.08. The van der Waals surface area contributed by atoms with Crippen LogP contribution < -0.4 is 15.5 Å². The van der Waals surface area contributed by atoms with Gasteiger partial charge in [-0.3, -0.25) is 9.59 Å². The third kappa shape index (κ3) is 2.36. The number of nitrogens with one attached hydrogen (secondary N) is 2. The highest BCUT2D eigenvalue weighted by Gasteiger charge is 2.38. The van der Waals surface area contributed by atoms with E-state index < -0.39 is 23.6 Å². The van der Waals surface area contributed by atoms with Crippen LogP contribution in [0.2, 0.25) is 0 Å². The number of piperazine rings is 1. The molecule has 1 aromatic carbocycles.